The van der Waals surface area contributed by atoms with E-state index in [1.165, 1.54) is 5.56 Å². The maximum Gasteiger partial charge on any atom is 0.274 e. The van der Waals surface area contributed by atoms with Crippen molar-refractivity contribution in [3.8, 4) is 0 Å². The molecule has 4 nitrogen and oxygen atoms in total. The van der Waals surface area contributed by atoms with E-state index in [9.17, 15) is 4.79 Å². The third kappa shape index (κ3) is 5.45. The molecule has 0 spiro atoms. The average Bonchev–Trinajstić information content (AvgIpc) is 3.26. The standard InChI is InChI=1S/C28H29Cl2N3O/c1-18-15-21-11-13-31-25(21)26(32-18)27(34)33(14-12-19-7-10-23(29)24(30)16-19)17-20-5-8-22(9-6-20)28(2,3)4/h5-11,13,15-16,31H,12,14,17H2,1-4H3. The Labute approximate surface area is 210 Å². The van der Waals surface area contributed by atoms with Gasteiger partial charge in [0.2, 0.25) is 0 Å². The Kier molecular flexibility index (Phi) is 7.01. The van der Waals surface area contributed by atoms with E-state index >= 15 is 0 Å². The topological polar surface area (TPSA) is 49.0 Å². The molecule has 0 unspecified atom stereocenters. The SMILES string of the molecule is Cc1cc2cc[nH]c2c(C(=O)N(CCc2ccc(Cl)c(Cl)c2)Cc2ccc(C(C)(C)C)cc2)n1. The summed E-state index contributed by atoms with van der Waals surface area (Å²) in [6.45, 7) is 9.51. The number of aromatic nitrogens is 2. The van der Waals surface area contributed by atoms with Gasteiger partial charge in [-0.1, -0.05) is 74.3 Å². The number of halogens is 2. The number of fused-ring (bicyclic) bond motifs is 1. The van der Waals surface area contributed by atoms with Crippen molar-refractivity contribution >= 4 is 40.0 Å². The van der Waals surface area contributed by atoms with E-state index in [1.54, 1.807) is 6.07 Å². The molecule has 1 amide bonds. The van der Waals surface area contributed by atoms with E-state index < -0.39 is 0 Å². The largest absolute Gasteiger partial charge is 0.359 e. The Morgan fingerprint density at radius 2 is 1.68 bits per heavy atom. The Morgan fingerprint density at radius 3 is 2.35 bits per heavy atom. The summed E-state index contributed by atoms with van der Waals surface area (Å²) in [7, 11) is 0. The van der Waals surface area contributed by atoms with E-state index in [2.05, 4.69) is 55.0 Å². The average molecular weight is 494 g/mol. The number of benzene rings is 2. The van der Waals surface area contributed by atoms with E-state index in [0.29, 0.717) is 35.2 Å². The van der Waals surface area contributed by atoms with Crippen LogP contribution in [0.3, 0.4) is 0 Å². The second kappa shape index (κ2) is 9.81. The maximum absolute atomic E-state index is 13.8. The first-order valence-corrected chi connectivity index (χ1v) is 12.1. The molecule has 34 heavy (non-hydrogen) atoms. The second-order valence-electron chi connectivity index (χ2n) is 9.73. The summed E-state index contributed by atoms with van der Waals surface area (Å²) in [6, 6.07) is 18.0. The zero-order valence-electron chi connectivity index (χ0n) is 20.0. The van der Waals surface area contributed by atoms with Crippen molar-refractivity contribution < 1.29 is 4.79 Å². The van der Waals surface area contributed by atoms with Crippen LogP contribution in [0.2, 0.25) is 10.0 Å². The highest BCUT2D eigenvalue weighted by Gasteiger charge is 2.22. The second-order valence-corrected chi connectivity index (χ2v) is 10.5. The van der Waals surface area contributed by atoms with Gasteiger partial charge in [0.1, 0.15) is 0 Å². The summed E-state index contributed by atoms with van der Waals surface area (Å²) in [5.74, 6) is -0.101. The van der Waals surface area contributed by atoms with Crippen LogP contribution in [0, 0.1) is 6.92 Å². The van der Waals surface area contributed by atoms with Gasteiger partial charge in [0.25, 0.3) is 5.91 Å². The molecule has 4 rings (SSSR count). The first kappa shape index (κ1) is 24.3. The Bertz CT molecular complexity index is 1320. The number of aryl methyl sites for hydroxylation is 1. The molecule has 0 saturated carbocycles. The van der Waals surface area contributed by atoms with Crippen LogP contribution in [0.5, 0.6) is 0 Å². The molecule has 0 atom stereocenters. The number of amides is 1. The van der Waals surface area contributed by atoms with Crippen molar-refractivity contribution in [3.05, 3.63) is 98.9 Å². The lowest BCUT2D eigenvalue weighted by Crippen LogP contribution is -2.33. The number of hydrogen-bond acceptors (Lipinski definition) is 2. The number of carbonyl (C=O) groups is 1. The van der Waals surface area contributed by atoms with Crippen LogP contribution in [-0.4, -0.2) is 27.3 Å². The van der Waals surface area contributed by atoms with E-state index in [-0.39, 0.29) is 11.3 Å². The van der Waals surface area contributed by atoms with Gasteiger partial charge in [-0.3, -0.25) is 4.79 Å². The van der Waals surface area contributed by atoms with E-state index in [0.717, 1.165) is 27.7 Å². The zero-order chi connectivity index (χ0) is 24.5. The van der Waals surface area contributed by atoms with Crippen LogP contribution >= 0.6 is 23.2 Å². The highest BCUT2D eigenvalue weighted by atomic mass is 35.5. The number of nitrogens with one attached hydrogen (secondary N) is 1. The molecule has 0 radical (unpaired) electrons. The van der Waals surface area contributed by atoms with Crippen LogP contribution in [0.1, 0.15) is 53.6 Å². The van der Waals surface area contributed by atoms with Crippen molar-refractivity contribution in [1.82, 2.24) is 14.9 Å². The summed E-state index contributed by atoms with van der Waals surface area (Å²) < 4.78 is 0. The molecule has 176 valence electrons. The Morgan fingerprint density at radius 1 is 0.971 bits per heavy atom. The molecular weight excluding hydrogens is 465 g/mol. The van der Waals surface area contributed by atoms with Crippen LogP contribution in [0.25, 0.3) is 10.9 Å². The minimum absolute atomic E-state index is 0.0760. The molecule has 0 fully saturated rings. The fourth-order valence-electron chi connectivity index (χ4n) is 4.04. The number of rotatable bonds is 6. The lowest BCUT2D eigenvalue weighted by atomic mass is 9.87. The predicted molar refractivity (Wildman–Crippen MR) is 141 cm³/mol. The lowest BCUT2D eigenvalue weighted by molar-refractivity contribution is 0.0741. The van der Waals surface area contributed by atoms with Gasteiger partial charge in [-0.15, -0.1) is 0 Å². The molecule has 1 N–H and O–H groups in total. The monoisotopic (exact) mass is 493 g/mol. The predicted octanol–water partition coefficient (Wildman–Crippen LogP) is 7.36. The number of pyridine rings is 1. The molecule has 6 heteroatoms. The van der Waals surface area contributed by atoms with Gasteiger partial charge in [-0.25, -0.2) is 4.98 Å². The van der Waals surface area contributed by atoms with Gasteiger partial charge in [-0.05, 0) is 59.7 Å². The molecular formula is C28H29Cl2N3O. The molecule has 0 aliphatic carbocycles. The molecule has 2 aromatic heterocycles. The van der Waals surface area contributed by atoms with Crippen molar-refractivity contribution in [3.63, 3.8) is 0 Å². The van der Waals surface area contributed by atoms with Crippen LogP contribution in [0.4, 0.5) is 0 Å². The highest BCUT2D eigenvalue weighted by molar-refractivity contribution is 6.42. The zero-order valence-corrected chi connectivity index (χ0v) is 21.5. The summed E-state index contributed by atoms with van der Waals surface area (Å²) in [5.41, 5.74) is 5.46. The number of nitrogens with zero attached hydrogens (tertiary/aromatic N) is 2. The van der Waals surface area contributed by atoms with Crippen LogP contribution < -0.4 is 0 Å². The normalized spacial score (nSPS) is 11.7. The van der Waals surface area contributed by atoms with Gasteiger partial charge < -0.3 is 9.88 Å². The van der Waals surface area contributed by atoms with Crippen molar-refractivity contribution in [1.29, 1.82) is 0 Å². The first-order chi connectivity index (χ1) is 16.1. The van der Waals surface area contributed by atoms with Crippen molar-refractivity contribution in [2.45, 2.75) is 46.1 Å². The Hall–Kier alpha value is -2.82. The Balaban J connectivity index is 1.64. The van der Waals surface area contributed by atoms with Crippen LogP contribution in [0.15, 0.2) is 60.8 Å². The number of aromatic amines is 1. The molecule has 2 heterocycles. The smallest absolute Gasteiger partial charge is 0.274 e. The first-order valence-electron chi connectivity index (χ1n) is 11.4. The molecule has 0 saturated heterocycles. The number of carbonyl (C=O) groups excluding carboxylic acids is 1. The van der Waals surface area contributed by atoms with Gasteiger partial charge in [0.15, 0.2) is 5.69 Å². The quantitative estimate of drug-likeness (QED) is 0.304. The molecule has 0 bridgehead atoms. The third-order valence-electron chi connectivity index (χ3n) is 6.01. The van der Waals surface area contributed by atoms with Crippen molar-refractivity contribution in [2.24, 2.45) is 0 Å². The van der Waals surface area contributed by atoms with Gasteiger partial charge in [0.05, 0.1) is 15.6 Å². The minimum Gasteiger partial charge on any atom is -0.359 e. The summed E-state index contributed by atoms with van der Waals surface area (Å²) in [5, 5.41) is 2.02. The molecule has 4 aromatic rings. The minimum atomic E-state index is -0.101. The summed E-state index contributed by atoms with van der Waals surface area (Å²) in [6.07, 6.45) is 2.50. The fraction of sp³-hybridized carbons (Fsp3) is 0.286. The van der Waals surface area contributed by atoms with Crippen molar-refractivity contribution in [2.75, 3.05) is 6.54 Å². The van der Waals surface area contributed by atoms with Gasteiger partial charge >= 0.3 is 0 Å². The fourth-order valence-corrected chi connectivity index (χ4v) is 4.36. The number of hydrogen-bond donors (Lipinski definition) is 1. The van der Waals surface area contributed by atoms with Gasteiger partial charge in [-0.2, -0.15) is 0 Å². The third-order valence-corrected chi connectivity index (χ3v) is 6.75. The summed E-state index contributed by atoms with van der Waals surface area (Å²) >= 11 is 12.3. The van der Waals surface area contributed by atoms with E-state index in [4.69, 9.17) is 23.2 Å². The molecule has 2 aromatic carbocycles. The van der Waals surface area contributed by atoms with Gasteiger partial charge in [0, 0.05) is 30.4 Å². The van der Waals surface area contributed by atoms with Crippen LogP contribution in [-0.2, 0) is 18.4 Å². The number of H-pyrrole nitrogens is 1. The summed E-state index contributed by atoms with van der Waals surface area (Å²) in [4.78, 5) is 23.4. The lowest BCUT2D eigenvalue weighted by Gasteiger charge is -2.24. The molecule has 0 aliphatic rings. The highest BCUT2D eigenvalue weighted by Crippen LogP contribution is 2.25. The van der Waals surface area contributed by atoms with E-state index in [1.807, 2.05) is 42.3 Å². The maximum atomic E-state index is 13.8. The molecule has 0 aliphatic heterocycles.